The molecular formula is C8H17N3O2S. The van der Waals surface area contributed by atoms with Gasteiger partial charge >= 0.3 is 0 Å². The second-order valence-electron chi connectivity index (χ2n) is 2.86. The van der Waals surface area contributed by atoms with Crippen molar-refractivity contribution in [2.75, 3.05) is 27.3 Å². The Labute approximate surface area is 89.6 Å². The lowest BCUT2D eigenvalue weighted by Gasteiger charge is -2.15. The molecule has 0 aliphatic carbocycles. The number of hydrogen-bond acceptors (Lipinski definition) is 3. The number of thiocarbonyl (C=S) groups is 1. The monoisotopic (exact) mass is 219 g/mol. The van der Waals surface area contributed by atoms with E-state index in [0.717, 1.165) is 0 Å². The molecule has 1 unspecified atom stereocenters. The molecular weight excluding hydrogens is 202 g/mol. The number of ether oxygens (including phenoxy) is 1. The number of rotatable bonds is 5. The van der Waals surface area contributed by atoms with Crippen LogP contribution in [0, 0.1) is 0 Å². The van der Waals surface area contributed by atoms with Crippen LogP contribution in [0.4, 0.5) is 0 Å². The van der Waals surface area contributed by atoms with Gasteiger partial charge in [0.05, 0.1) is 13.2 Å². The van der Waals surface area contributed by atoms with Gasteiger partial charge in [-0.1, -0.05) is 0 Å². The summed E-state index contributed by atoms with van der Waals surface area (Å²) in [7, 11) is 3.20. The van der Waals surface area contributed by atoms with Crippen molar-refractivity contribution in [2.24, 2.45) is 0 Å². The average molecular weight is 219 g/mol. The maximum absolute atomic E-state index is 10.8. The fourth-order valence-corrected chi connectivity index (χ4v) is 1.09. The summed E-state index contributed by atoms with van der Waals surface area (Å²) in [6.07, 6.45) is 0. The fourth-order valence-electron chi connectivity index (χ4n) is 0.815. The highest BCUT2D eigenvalue weighted by molar-refractivity contribution is 7.80. The van der Waals surface area contributed by atoms with Crippen molar-refractivity contribution < 1.29 is 9.53 Å². The molecule has 0 rings (SSSR count). The zero-order chi connectivity index (χ0) is 11.0. The molecule has 0 fully saturated rings. The molecule has 6 heteroatoms. The van der Waals surface area contributed by atoms with Gasteiger partial charge in [0.25, 0.3) is 0 Å². The Morgan fingerprint density at radius 2 is 2.21 bits per heavy atom. The summed E-state index contributed by atoms with van der Waals surface area (Å²) in [5.41, 5.74) is 0. The van der Waals surface area contributed by atoms with Gasteiger partial charge < -0.3 is 20.7 Å². The van der Waals surface area contributed by atoms with E-state index in [9.17, 15) is 4.79 Å². The van der Waals surface area contributed by atoms with E-state index in [1.807, 2.05) is 6.92 Å². The van der Waals surface area contributed by atoms with Crippen LogP contribution in [-0.2, 0) is 9.53 Å². The van der Waals surface area contributed by atoms with Gasteiger partial charge in [-0.2, -0.15) is 0 Å². The largest absolute Gasteiger partial charge is 0.383 e. The van der Waals surface area contributed by atoms with Crippen LogP contribution in [0.15, 0.2) is 0 Å². The van der Waals surface area contributed by atoms with E-state index < -0.39 is 0 Å². The molecule has 1 amide bonds. The van der Waals surface area contributed by atoms with Crippen LogP contribution in [0.1, 0.15) is 6.92 Å². The fraction of sp³-hybridized carbons (Fsp3) is 0.750. The maximum atomic E-state index is 10.8. The van der Waals surface area contributed by atoms with Gasteiger partial charge in [0.15, 0.2) is 5.11 Å². The number of amides is 1. The van der Waals surface area contributed by atoms with Gasteiger partial charge in [0.1, 0.15) is 0 Å². The predicted octanol–water partition coefficient (Wildman–Crippen LogP) is -0.769. The Hall–Kier alpha value is -0.880. The van der Waals surface area contributed by atoms with Gasteiger partial charge in [-0.05, 0) is 19.1 Å². The van der Waals surface area contributed by atoms with Crippen LogP contribution in [0.3, 0.4) is 0 Å². The van der Waals surface area contributed by atoms with Crippen molar-refractivity contribution in [1.82, 2.24) is 16.0 Å². The summed E-state index contributed by atoms with van der Waals surface area (Å²) in [4.78, 5) is 10.8. The van der Waals surface area contributed by atoms with Crippen LogP contribution >= 0.6 is 12.2 Å². The zero-order valence-corrected chi connectivity index (χ0v) is 9.53. The molecule has 5 nitrogen and oxygen atoms in total. The number of carbonyl (C=O) groups is 1. The second-order valence-corrected chi connectivity index (χ2v) is 3.26. The number of carbonyl (C=O) groups excluding carboxylic acids is 1. The molecule has 0 radical (unpaired) electrons. The van der Waals surface area contributed by atoms with E-state index in [1.165, 1.54) is 0 Å². The Morgan fingerprint density at radius 1 is 1.57 bits per heavy atom. The number of hydrogen-bond donors (Lipinski definition) is 3. The lowest BCUT2D eigenvalue weighted by Crippen LogP contribution is -2.45. The normalized spacial score (nSPS) is 11.6. The van der Waals surface area contributed by atoms with Crippen LogP contribution in [0.2, 0.25) is 0 Å². The molecule has 0 aliphatic heterocycles. The standard InChI is InChI=1S/C8H17N3O2S/c1-6(5-13-3)11-8(14)10-4-7(12)9-2/h6H,4-5H2,1-3H3,(H,9,12)(H2,10,11,14). The molecule has 14 heavy (non-hydrogen) atoms. The van der Waals surface area contributed by atoms with Crippen molar-refractivity contribution in [3.05, 3.63) is 0 Å². The third-order valence-corrected chi connectivity index (χ3v) is 1.74. The lowest BCUT2D eigenvalue weighted by atomic mass is 10.4. The SMILES string of the molecule is CNC(=O)CNC(=S)NC(C)COC. The minimum absolute atomic E-state index is 0.103. The molecule has 0 saturated heterocycles. The molecule has 0 heterocycles. The highest BCUT2D eigenvalue weighted by Crippen LogP contribution is 1.81. The Morgan fingerprint density at radius 3 is 2.71 bits per heavy atom. The molecule has 0 spiro atoms. The van der Waals surface area contributed by atoms with Gasteiger partial charge in [-0.25, -0.2) is 0 Å². The summed E-state index contributed by atoms with van der Waals surface area (Å²) in [6, 6.07) is 0.129. The number of methoxy groups -OCH3 is 1. The van der Waals surface area contributed by atoms with E-state index >= 15 is 0 Å². The van der Waals surface area contributed by atoms with Gasteiger partial charge in [0, 0.05) is 20.2 Å². The van der Waals surface area contributed by atoms with E-state index in [1.54, 1.807) is 14.2 Å². The van der Waals surface area contributed by atoms with E-state index in [0.29, 0.717) is 11.7 Å². The first-order chi connectivity index (χ1) is 6.60. The van der Waals surface area contributed by atoms with Crippen LogP contribution in [0.5, 0.6) is 0 Å². The second kappa shape index (κ2) is 7.52. The van der Waals surface area contributed by atoms with E-state index in [-0.39, 0.29) is 18.5 Å². The highest BCUT2D eigenvalue weighted by atomic mass is 32.1. The first-order valence-electron chi connectivity index (χ1n) is 4.34. The summed E-state index contributed by atoms with van der Waals surface area (Å²) >= 11 is 4.95. The van der Waals surface area contributed by atoms with E-state index in [2.05, 4.69) is 16.0 Å². The summed E-state index contributed by atoms with van der Waals surface area (Å²) in [6.45, 7) is 2.70. The molecule has 1 atom stereocenters. The van der Waals surface area contributed by atoms with E-state index in [4.69, 9.17) is 17.0 Å². The third kappa shape index (κ3) is 6.62. The molecule has 0 aromatic rings. The van der Waals surface area contributed by atoms with Crippen LogP contribution in [0.25, 0.3) is 0 Å². The van der Waals surface area contributed by atoms with Crippen molar-refractivity contribution in [1.29, 1.82) is 0 Å². The van der Waals surface area contributed by atoms with Crippen molar-refractivity contribution in [2.45, 2.75) is 13.0 Å². The molecule has 82 valence electrons. The van der Waals surface area contributed by atoms with Crippen molar-refractivity contribution >= 4 is 23.2 Å². The lowest BCUT2D eigenvalue weighted by molar-refractivity contribution is -0.119. The van der Waals surface area contributed by atoms with Crippen LogP contribution < -0.4 is 16.0 Å². The number of likely N-dealkylation sites (N-methyl/N-ethyl adjacent to an activating group) is 1. The average Bonchev–Trinajstić information content (AvgIpc) is 2.14. The topological polar surface area (TPSA) is 62.4 Å². The summed E-state index contributed by atoms with van der Waals surface area (Å²) < 4.78 is 4.92. The first-order valence-corrected chi connectivity index (χ1v) is 4.74. The van der Waals surface area contributed by atoms with Crippen molar-refractivity contribution in [3.8, 4) is 0 Å². The quantitative estimate of drug-likeness (QED) is 0.530. The number of nitrogens with one attached hydrogen (secondary N) is 3. The smallest absolute Gasteiger partial charge is 0.239 e. The zero-order valence-electron chi connectivity index (χ0n) is 8.72. The summed E-state index contributed by atoms with van der Waals surface area (Å²) in [5, 5.41) is 8.69. The molecule has 0 aliphatic rings. The highest BCUT2D eigenvalue weighted by Gasteiger charge is 2.04. The predicted molar refractivity (Wildman–Crippen MR) is 59.1 cm³/mol. The Kier molecular flexibility index (Phi) is 7.04. The minimum atomic E-state index is -0.103. The van der Waals surface area contributed by atoms with Crippen LogP contribution in [-0.4, -0.2) is 44.4 Å². The van der Waals surface area contributed by atoms with Gasteiger partial charge in [0.2, 0.25) is 5.91 Å². The first kappa shape index (κ1) is 13.1. The Bertz CT molecular complexity index is 199. The molecule has 0 aromatic carbocycles. The molecule has 0 saturated carbocycles. The van der Waals surface area contributed by atoms with Gasteiger partial charge in [-0.3, -0.25) is 4.79 Å². The minimum Gasteiger partial charge on any atom is -0.383 e. The molecule has 3 N–H and O–H groups in total. The third-order valence-electron chi connectivity index (χ3n) is 1.48. The summed E-state index contributed by atoms with van der Waals surface area (Å²) in [5.74, 6) is -0.103. The Balaban J connectivity index is 3.59. The maximum Gasteiger partial charge on any atom is 0.239 e. The van der Waals surface area contributed by atoms with Gasteiger partial charge in [-0.15, -0.1) is 0 Å². The molecule has 0 aromatic heterocycles. The molecule has 0 bridgehead atoms. The van der Waals surface area contributed by atoms with Crippen molar-refractivity contribution in [3.63, 3.8) is 0 Å².